The second-order valence-corrected chi connectivity index (χ2v) is 8.31. The van der Waals surface area contributed by atoms with Crippen molar-refractivity contribution >= 4 is 69.6 Å². The third-order valence-corrected chi connectivity index (χ3v) is 8.07. The number of hydrogen-bond acceptors (Lipinski definition) is 3. The Balaban J connectivity index is 2.16. The van der Waals surface area contributed by atoms with Crippen molar-refractivity contribution < 1.29 is 14.9 Å². The van der Waals surface area contributed by atoms with Gasteiger partial charge < -0.3 is 14.9 Å². The van der Waals surface area contributed by atoms with Gasteiger partial charge in [0.05, 0.1) is 29.9 Å². The molecule has 0 aromatic heterocycles. The van der Waals surface area contributed by atoms with Crippen LogP contribution in [0.25, 0.3) is 0 Å². The highest BCUT2D eigenvalue weighted by atomic mass is 35.5. The van der Waals surface area contributed by atoms with E-state index >= 15 is 0 Å². The molecule has 0 heterocycles. The summed E-state index contributed by atoms with van der Waals surface area (Å²) in [7, 11) is 0. The van der Waals surface area contributed by atoms with E-state index in [4.69, 9.17) is 79.4 Å². The quantitative estimate of drug-likeness (QED) is 0.692. The molecular formula is C11H12Cl6O3. The smallest absolute Gasteiger partial charge is 0.166 e. The van der Waals surface area contributed by atoms with Crippen molar-refractivity contribution in [1.29, 1.82) is 0 Å². The first-order valence-corrected chi connectivity index (χ1v) is 8.08. The lowest BCUT2D eigenvalue weighted by atomic mass is 9.93. The van der Waals surface area contributed by atoms with Gasteiger partial charge in [0.1, 0.15) is 15.9 Å². The van der Waals surface area contributed by atoms with Crippen molar-refractivity contribution in [2.45, 2.75) is 26.6 Å². The molecule has 3 nitrogen and oxygen atoms in total. The van der Waals surface area contributed by atoms with Crippen LogP contribution < -0.4 is 0 Å². The number of aliphatic hydroxyl groups excluding tert-OH is 2. The maximum Gasteiger partial charge on any atom is 0.166 e. The highest BCUT2D eigenvalue weighted by molar-refractivity contribution is 6.65. The molecular weight excluding hydrogens is 393 g/mol. The van der Waals surface area contributed by atoms with E-state index in [1.54, 1.807) is 0 Å². The molecule has 2 aliphatic carbocycles. The van der Waals surface area contributed by atoms with Gasteiger partial charge in [-0.15, -0.1) is 23.2 Å². The average molecular weight is 405 g/mol. The Kier molecular flexibility index (Phi) is 5.11. The van der Waals surface area contributed by atoms with Crippen LogP contribution in [0, 0.1) is 5.92 Å². The Bertz CT molecular complexity index is 442. The van der Waals surface area contributed by atoms with E-state index in [9.17, 15) is 5.11 Å². The molecule has 1 saturated carbocycles. The first-order chi connectivity index (χ1) is 9.13. The molecule has 0 radical (unpaired) electrons. The van der Waals surface area contributed by atoms with Gasteiger partial charge in [-0.05, 0) is 6.42 Å². The SMILES string of the molecule is OCC(O)COCC1CC2(Cl)C(Cl)=C(Cl)C1(Cl)C2(Cl)Cl. The summed E-state index contributed by atoms with van der Waals surface area (Å²) in [4.78, 5) is -2.58. The number of allylic oxidation sites excluding steroid dienone is 2. The third kappa shape index (κ3) is 2.21. The minimum atomic E-state index is -1.55. The van der Waals surface area contributed by atoms with Gasteiger partial charge in [-0.3, -0.25) is 0 Å². The molecule has 1 fully saturated rings. The van der Waals surface area contributed by atoms with E-state index in [0.29, 0.717) is 6.42 Å². The summed E-state index contributed by atoms with van der Waals surface area (Å²) in [5, 5.41) is 18.2. The number of aliphatic hydroxyl groups is 2. The molecule has 2 bridgehead atoms. The van der Waals surface area contributed by atoms with Crippen molar-refractivity contribution in [3.05, 3.63) is 10.1 Å². The van der Waals surface area contributed by atoms with Crippen LogP contribution in [0.1, 0.15) is 6.42 Å². The molecule has 2 aliphatic rings. The van der Waals surface area contributed by atoms with E-state index in [1.807, 2.05) is 0 Å². The topological polar surface area (TPSA) is 49.7 Å². The second-order valence-electron chi connectivity index (χ2n) is 4.99. The van der Waals surface area contributed by atoms with Crippen LogP contribution in [0.4, 0.5) is 0 Å². The van der Waals surface area contributed by atoms with Crippen LogP contribution in [-0.4, -0.2) is 50.2 Å². The summed E-state index contributed by atoms with van der Waals surface area (Å²) in [5.41, 5.74) is 0. The Morgan fingerprint density at radius 2 is 1.80 bits per heavy atom. The van der Waals surface area contributed by atoms with E-state index < -0.39 is 26.8 Å². The average Bonchev–Trinajstić information content (AvgIpc) is 2.61. The highest BCUT2D eigenvalue weighted by Crippen LogP contribution is 2.74. The minimum Gasteiger partial charge on any atom is -0.394 e. The van der Waals surface area contributed by atoms with E-state index in [-0.39, 0.29) is 29.2 Å². The zero-order valence-electron chi connectivity index (χ0n) is 10.1. The van der Waals surface area contributed by atoms with E-state index in [0.717, 1.165) is 0 Å². The molecule has 0 aromatic rings. The molecule has 9 heteroatoms. The first kappa shape index (κ1) is 17.7. The van der Waals surface area contributed by atoms with Gasteiger partial charge in [0.15, 0.2) is 4.33 Å². The highest BCUT2D eigenvalue weighted by Gasteiger charge is 2.78. The van der Waals surface area contributed by atoms with Crippen molar-refractivity contribution in [3.63, 3.8) is 0 Å². The van der Waals surface area contributed by atoms with Crippen LogP contribution in [0.15, 0.2) is 10.1 Å². The molecule has 2 N–H and O–H groups in total. The number of fused-ring (bicyclic) bond motifs is 2. The molecule has 116 valence electrons. The minimum absolute atomic E-state index is 0.0398. The summed E-state index contributed by atoms with van der Waals surface area (Å²) in [6.45, 7) is -0.296. The number of halogens is 6. The molecule has 2 rings (SSSR count). The Hall–Kier alpha value is 1.36. The van der Waals surface area contributed by atoms with Crippen LogP contribution in [-0.2, 0) is 4.74 Å². The van der Waals surface area contributed by atoms with Crippen LogP contribution in [0.2, 0.25) is 0 Å². The molecule has 0 spiro atoms. The molecule has 4 atom stereocenters. The maximum atomic E-state index is 9.23. The van der Waals surface area contributed by atoms with Gasteiger partial charge in [-0.1, -0.05) is 46.4 Å². The summed E-state index contributed by atoms with van der Waals surface area (Å²) in [6, 6.07) is 0. The van der Waals surface area contributed by atoms with Gasteiger partial charge in [-0.2, -0.15) is 0 Å². The number of hydrogen-bond donors (Lipinski definition) is 2. The van der Waals surface area contributed by atoms with Crippen molar-refractivity contribution in [2.24, 2.45) is 5.92 Å². The van der Waals surface area contributed by atoms with Crippen molar-refractivity contribution in [3.8, 4) is 0 Å². The number of ether oxygens (including phenoxy) is 1. The molecule has 20 heavy (non-hydrogen) atoms. The first-order valence-electron chi connectivity index (χ1n) is 5.81. The number of alkyl halides is 4. The van der Waals surface area contributed by atoms with Crippen molar-refractivity contribution in [1.82, 2.24) is 0 Å². The Morgan fingerprint density at radius 1 is 1.20 bits per heavy atom. The van der Waals surface area contributed by atoms with E-state index in [2.05, 4.69) is 0 Å². The van der Waals surface area contributed by atoms with E-state index in [1.165, 1.54) is 0 Å². The fraction of sp³-hybridized carbons (Fsp3) is 0.818. The molecule has 0 saturated heterocycles. The van der Waals surface area contributed by atoms with Gasteiger partial charge >= 0.3 is 0 Å². The zero-order chi connectivity index (χ0) is 15.3. The fourth-order valence-electron chi connectivity index (χ4n) is 2.60. The van der Waals surface area contributed by atoms with Crippen LogP contribution in [0.5, 0.6) is 0 Å². The summed E-state index contributed by atoms with van der Waals surface area (Å²) in [6.07, 6.45) is -0.661. The molecule has 4 unspecified atom stereocenters. The normalized spacial score (nSPS) is 40.5. The van der Waals surface area contributed by atoms with Crippen LogP contribution in [0.3, 0.4) is 0 Å². The van der Waals surface area contributed by atoms with Gasteiger partial charge in [0.25, 0.3) is 0 Å². The summed E-state index contributed by atoms with van der Waals surface area (Å²) in [5.74, 6) is -0.363. The Morgan fingerprint density at radius 3 is 2.25 bits per heavy atom. The summed E-state index contributed by atoms with van der Waals surface area (Å²) >= 11 is 37.8. The maximum absolute atomic E-state index is 9.23. The molecule has 0 amide bonds. The fourth-order valence-corrected chi connectivity index (χ4v) is 5.43. The number of rotatable bonds is 5. The largest absolute Gasteiger partial charge is 0.394 e. The third-order valence-electron chi connectivity index (χ3n) is 3.74. The lowest BCUT2D eigenvalue weighted by Crippen LogP contribution is -2.45. The zero-order valence-corrected chi connectivity index (χ0v) is 14.6. The van der Waals surface area contributed by atoms with Gasteiger partial charge in [0.2, 0.25) is 0 Å². The monoisotopic (exact) mass is 402 g/mol. The van der Waals surface area contributed by atoms with Crippen molar-refractivity contribution in [2.75, 3.05) is 19.8 Å². The lowest BCUT2D eigenvalue weighted by Gasteiger charge is -2.33. The standard InChI is InChI=1S/C11H12Cl6O3/c12-7-8(13)10(15)5(3-20-4-6(19)2-18)1-9(7,14)11(10,16)17/h5-6,18-19H,1-4H2. The predicted octanol–water partition coefficient (Wildman–Crippen LogP) is 3.21. The molecule has 0 aliphatic heterocycles. The Labute approximate surface area is 146 Å². The lowest BCUT2D eigenvalue weighted by molar-refractivity contribution is -0.00614. The predicted molar refractivity (Wildman–Crippen MR) is 82.4 cm³/mol. The van der Waals surface area contributed by atoms with Gasteiger partial charge in [-0.25, -0.2) is 0 Å². The summed E-state index contributed by atoms with van der Waals surface area (Å²) < 4.78 is 3.76. The van der Waals surface area contributed by atoms with Crippen LogP contribution >= 0.6 is 69.6 Å². The molecule has 0 aromatic carbocycles. The second kappa shape index (κ2) is 5.77. The van der Waals surface area contributed by atoms with Gasteiger partial charge in [0, 0.05) is 5.92 Å².